The van der Waals surface area contributed by atoms with Gasteiger partial charge >= 0.3 is 0 Å². The molecule has 0 amide bonds. The molecular weight excluding hydrogens is 1610 g/mol. The van der Waals surface area contributed by atoms with E-state index in [4.69, 9.17) is 14.6 Å². The summed E-state index contributed by atoms with van der Waals surface area (Å²) in [5.41, 5.74) is 5.12. The molecule has 0 spiro atoms. The number of piperidine rings is 1. The Morgan fingerprint density at radius 2 is 0.705 bits per heavy atom. The van der Waals surface area contributed by atoms with Crippen molar-refractivity contribution in [3.63, 3.8) is 0 Å². The topological polar surface area (TPSA) is 216 Å². The Bertz CT molecular complexity index is 1700. The summed E-state index contributed by atoms with van der Waals surface area (Å²) in [7, 11) is 62.6. The summed E-state index contributed by atoms with van der Waals surface area (Å²) in [6.07, 6.45) is 11.0. The fraction of sp³-hybridized carbons (Fsp3) is 1.00. The molecular formula is C100H254N26O3. The first-order valence-electron chi connectivity index (χ1n) is 50.4. The molecule has 0 saturated carbocycles. The maximum absolute atomic E-state index is 8.00. The van der Waals surface area contributed by atoms with Crippen molar-refractivity contribution in [3.8, 4) is 0 Å². The predicted octanol–water partition coefficient (Wildman–Crippen LogP) is 8.25. The van der Waals surface area contributed by atoms with Gasteiger partial charge in [-0.3, -0.25) is 4.90 Å². The molecule has 11 N–H and O–H groups in total. The summed E-state index contributed by atoms with van der Waals surface area (Å²) < 4.78 is 9.91. The maximum Gasteiger partial charge on any atom is 0.0594 e. The van der Waals surface area contributed by atoms with Crippen molar-refractivity contribution < 1.29 is 14.6 Å². The molecule has 8 saturated heterocycles. The Morgan fingerprint density at radius 1 is 0.419 bits per heavy atom. The van der Waals surface area contributed by atoms with E-state index in [9.17, 15) is 0 Å². The number of hydrogen-bond acceptors (Lipinski definition) is 29. The molecule has 8 aliphatic rings. The van der Waals surface area contributed by atoms with E-state index in [1.165, 1.54) is 189 Å². The molecule has 29 nitrogen and oxygen atoms in total. The van der Waals surface area contributed by atoms with Gasteiger partial charge in [0.15, 0.2) is 0 Å². The highest BCUT2D eigenvalue weighted by molar-refractivity contribution is 4.73. The molecule has 129 heavy (non-hydrogen) atoms. The van der Waals surface area contributed by atoms with E-state index in [-0.39, 0.29) is 6.61 Å². The second-order valence-electron chi connectivity index (χ2n) is 38.3. The number of methoxy groups -OCH3 is 1. The number of likely N-dealkylation sites (N-methyl/N-ethyl adjacent to an activating group) is 8. The third-order valence-electron chi connectivity index (χ3n) is 20.3. The highest BCUT2D eigenvalue weighted by Crippen LogP contribution is 2.07. The largest absolute Gasteiger partial charge is 0.395 e. The number of piperazine rings is 4. The number of ether oxygens (including phenoxy) is 2. The van der Waals surface area contributed by atoms with Crippen LogP contribution in [0, 0.1) is 0 Å². The molecule has 0 aromatic heterocycles. The lowest BCUT2D eigenvalue weighted by Crippen LogP contribution is -2.47. The van der Waals surface area contributed by atoms with Crippen molar-refractivity contribution in [2.24, 2.45) is 5.73 Å². The Labute approximate surface area is 815 Å². The smallest absolute Gasteiger partial charge is 0.0594 e. The van der Waals surface area contributed by atoms with Gasteiger partial charge in [-0.25, -0.2) is 0 Å². The third kappa shape index (κ3) is 187. The zero-order valence-corrected chi connectivity index (χ0v) is 98.0. The van der Waals surface area contributed by atoms with Gasteiger partial charge in [-0.05, 0) is 411 Å². The molecule has 8 fully saturated rings. The Balaban J connectivity index is -0.0000000900. The number of rotatable bonds is 17. The lowest BCUT2D eigenvalue weighted by molar-refractivity contribution is 0.0503. The number of hydrogen-bond donors (Lipinski definition) is 10. The van der Waals surface area contributed by atoms with Crippen LogP contribution < -0.4 is 48.3 Å². The summed E-state index contributed by atoms with van der Waals surface area (Å²) in [4.78, 5) is 38.8. The van der Waals surface area contributed by atoms with Crippen LogP contribution in [0.15, 0.2) is 0 Å². The molecule has 0 unspecified atom stereocenters. The highest BCUT2D eigenvalue weighted by Gasteiger charge is 2.16. The molecule has 8 rings (SSSR count). The molecule has 8 heterocycles. The van der Waals surface area contributed by atoms with Crippen LogP contribution in [-0.2, 0) is 9.47 Å². The van der Waals surface area contributed by atoms with Crippen molar-refractivity contribution in [2.45, 2.75) is 212 Å². The van der Waals surface area contributed by atoms with E-state index in [0.717, 1.165) is 104 Å². The van der Waals surface area contributed by atoms with E-state index in [1.807, 2.05) is 82.4 Å². The van der Waals surface area contributed by atoms with Gasteiger partial charge in [0.1, 0.15) is 0 Å². The van der Waals surface area contributed by atoms with Crippen LogP contribution in [-0.4, -0.2) is 579 Å². The third-order valence-corrected chi connectivity index (χ3v) is 20.3. The normalized spacial score (nSPS) is 16.6. The van der Waals surface area contributed by atoms with Gasteiger partial charge < -0.3 is 141 Å². The summed E-state index contributed by atoms with van der Waals surface area (Å²) in [6, 6.07) is 2.05. The van der Waals surface area contributed by atoms with Crippen LogP contribution in [0.25, 0.3) is 0 Å². The molecule has 0 aromatic rings. The number of likely N-dealkylation sites (tertiary alicyclic amines) is 3. The Hall–Kier alpha value is -1.16. The van der Waals surface area contributed by atoms with Gasteiger partial charge in [0, 0.05) is 167 Å². The number of nitrogens with one attached hydrogen (secondary N) is 8. The number of aliphatic hydroxyl groups excluding tert-OH is 1. The molecule has 8 aliphatic heterocycles. The first-order chi connectivity index (χ1) is 60.3. The van der Waals surface area contributed by atoms with Crippen molar-refractivity contribution in [1.82, 2.24) is 126 Å². The molecule has 0 bridgehead atoms. The first-order valence-corrected chi connectivity index (χ1v) is 50.4. The zero-order valence-electron chi connectivity index (χ0n) is 98.0. The van der Waals surface area contributed by atoms with E-state index in [0.29, 0.717) is 29.7 Å². The van der Waals surface area contributed by atoms with Gasteiger partial charge in [0.05, 0.1) is 26.4 Å². The first kappa shape index (κ1) is 159. The maximum atomic E-state index is 8.00. The van der Waals surface area contributed by atoms with Crippen molar-refractivity contribution in [1.29, 1.82) is 0 Å². The van der Waals surface area contributed by atoms with Crippen LogP contribution >= 0.6 is 0 Å². The minimum Gasteiger partial charge on any atom is -0.395 e. The van der Waals surface area contributed by atoms with Gasteiger partial charge in [-0.15, -0.1) is 0 Å². The standard InChI is InChI=1S/C8H18N2.C7H16N2.C6H13N.C6H15N.2C5H12N2.C5H11NO.C5H13NO.C5H11N.4C5H13N.C4H9N.3C4H11N.C3H9NO.2C3H9N.C2H7N.CH5N/c1-8(2)10-6-4-9(3)5-7-10;1-3-9-6-4-8(2)5-7-9;1-7-5-3-2-4-6-7;1-6(2,3)7(4)5;2*1-7-4-2-6-3-5-7;1-6-2-4-7-5-3-6;1-6(2)4-5-7-3;1-6-4-2-3-5-6;1-5(2)6(3)4;1-5(2,3)6-4;1-4-5-6(2)3;1-4-6(3)5-2;1-5-3-2-4-5;1-4-5(2)3;1-4(2)5-3;1-3-4-5-2;1-4-2-3-5;1-4(2)3;1-3-4-2;1-3-2;1-2/h8H,4-7H2,1-3H3;3-7H2,1-2H3;2-6H2,1H3;1-5H3;2*6H,2-5H2,1H3;2-5H2,1H3;4-5H2,1-3H3;2-5H2,1H3;5H,1-4H3;6H,1-4H3;2*4-5H2,1-3H3;2-4H2,1H3;4H2,1-3H3;4-5H,1-3H3;5H,3-4H2,1-2H3;4-5H,2-3H2,1H3;1-3H3;4H,3H2,1-2H3;3H,1-2H3;2H2,1H3. The molecule has 0 radical (unpaired) electrons. The molecule has 0 atom stereocenters. The highest BCUT2D eigenvalue weighted by atomic mass is 16.5. The second kappa shape index (κ2) is 127. The average molecular weight is 1870 g/mol. The van der Waals surface area contributed by atoms with Crippen LogP contribution in [0.4, 0.5) is 0 Å². The summed E-state index contributed by atoms with van der Waals surface area (Å²) in [5.74, 6) is 0. The van der Waals surface area contributed by atoms with Gasteiger partial charge in [0.2, 0.25) is 0 Å². The zero-order chi connectivity index (χ0) is 103. The molecule has 0 aromatic carbocycles. The average Bonchev–Trinajstić information content (AvgIpc) is 1.37. The van der Waals surface area contributed by atoms with Crippen LogP contribution in [0.5, 0.6) is 0 Å². The van der Waals surface area contributed by atoms with E-state index in [1.54, 1.807) is 14.2 Å². The van der Waals surface area contributed by atoms with E-state index >= 15 is 0 Å². The van der Waals surface area contributed by atoms with Crippen molar-refractivity contribution in [2.75, 3.05) is 461 Å². The van der Waals surface area contributed by atoms with Crippen molar-refractivity contribution in [3.05, 3.63) is 0 Å². The number of nitrogens with two attached hydrogens (primary N) is 1. The van der Waals surface area contributed by atoms with Gasteiger partial charge in [-0.1, -0.05) is 68.7 Å². The van der Waals surface area contributed by atoms with Gasteiger partial charge in [0.25, 0.3) is 0 Å². The Kier molecular flexibility index (Phi) is 156. The lowest BCUT2D eigenvalue weighted by Gasteiger charge is -2.34. The van der Waals surface area contributed by atoms with E-state index < -0.39 is 0 Å². The fourth-order valence-electron chi connectivity index (χ4n) is 8.42. The Morgan fingerprint density at radius 3 is 0.814 bits per heavy atom. The monoisotopic (exact) mass is 1870 g/mol. The summed E-state index contributed by atoms with van der Waals surface area (Å²) in [5, 5.41) is 32.1. The van der Waals surface area contributed by atoms with E-state index in [2.05, 4.69) is 378 Å². The quantitative estimate of drug-likeness (QED) is 0.0663. The summed E-state index contributed by atoms with van der Waals surface area (Å²) in [6.45, 7) is 83.4. The van der Waals surface area contributed by atoms with Gasteiger partial charge in [-0.2, -0.15) is 0 Å². The molecule has 29 heteroatoms. The number of nitrogens with zero attached hydrogens (tertiary/aromatic N) is 17. The minimum absolute atomic E-state index is 0.233. The van der Waals surface area contributed by atoms with Crippen LogP contribution in [0.3, 0.4) is 0 Å². The van der Waals surface area contributed by atoms with Crippen molar-refractivity contribution >= 4 is 0 Å². The number of aliphatic hydroxyl groups is 1. The predicted molar refractivity (Wildman–Crippen MR) is 590 cm³/mol. The molecule has 802 valence electrons. The SMILES string of the molecule is CC(C)N(C)C.CC(C)N1CCN(C)CC1.CCCN(C)C.CCCNC.CCN(C)C.CCN(C)CC.CCN1CCN(C)CC1.CCNC.CN.CN(C)C.CN(C)C(C)(C)C.CN1CCC1.CN1CCCC1.CN1CCCCC1.CN1CCNCC1.CN1CCNCC1.CN1CCOCC1.CNC.CNC(C)(C)C.CNC(C)C.CNCCO.COCCN(C)C. The van der Waals surface area contributed by atoms with Crippen LogP contribution in [0.2, 0.25) is 0 Å². The summed E-state index contributed by atoms with van der Waals surface area (Å²) >= 11 is 0. The fourth-order valence-corrected chi connectivity index (χ4v) is 8.42. The van der Waals surface area contributed by atoms with Crippen LogP contribution in [0.1, 0.15) is 183 Å². The lowest BCUT2D eigenvalue weighted by atomic mass is 10.1. The minimum atomic E-state index is 0.233. The molecule has 0 aliphatic carbocycles. The number of morpholine rings is 1. The second-order valence-corrected chi connectivity index (χ2v) is 38.3.